The van der Waals surface area contributed by atoms with Gasteiger partial charge in [-0.3, -0.25) is 4.79 Å². The Morgan fingerprint density at radius 2 is 1.90 bits per heavy atom. The van der Waals surface area contributed by atoms with Crippen LogP contribution in [0.5, 0.6) is 11.5 Å². The molecule has 0 aliphatic heterocycles. The molecule has 1 saturated carbocycles. The van der Waals surface area contributed by atoms with Crippen molar-refractivity contribution in [3.63, 3.8) is 0 Å². The number of fused-ring (bicyclic) bond motifs is 1. The van der Waals surface area contributed by atoms with Gasteiger partial charge in [0, 0.05) is 16.0 Å². The van der Waals surface area contributed by atoms with Gasteiger partial charge in [0.15, 0.2) is 11.5 Å². The first-order chi connectivity index (χ1) is 19.1. The first-order valence-corrected chi connectivity index (χ1v) is 14.0. The molecule has 1 aliphatic carbocycles. The summed E-state index contributed by atoms with van der Waals surface area (Å²) in [5, 5.41) is 14.5. The van der Waals surface area contributed by atoms with Crippen molar-refractivity contribution in [1.82, 2.24) is 9.66 Å². The summed E-state index contributed by atoms with van der Waals surface area (Å²) in [5.41, 5.74) is 2.65. The molecule has 4 aromatic rings. The van der Waals surface area contributed by atoms with Crippen molar-refractivity contribution in [1.29, 1.82) is 5.26 Å². The third-order valence-corrected chi connectivity index (χ3v) is 7.41. The van der Waals surface area contributed by atoms with E-state index in [4.69, 9.17) is 14.5 Å². The lowest BCUT2D eigenvalue weighted by Gasteiger charge is -2.22. The molecule has 0 saturated heterocycles. The van der Waals surface area contributed by atoms with Crippen LogP contribution >= 0.6 is 15.9 Å². The Morgan fingerprint density at radius 3 is 2.69 bits per heavy atom. The molecule has 39 heavy (non-hydrogen) atoms. The van der Waals surface area contributed by atoms with E-state index in [0.29, 0.717) is 40.4 Å². The molecule has 1 heterocycles. The Bertz CT molecular complexity index is 1620. The molecule has 1 fully saturated rings. The predicted molar refractivity (Wildman–Crippen MR) is 156 cm³/mol. The van der Waals surface area contributed by atoms with Gasteiger partial charge >= 0.3 is 0 Å². The summed E-state index contributed by atoms with van der Waals surface area (Å²) in [5.74, 6) is 2.05. The highest BCUT2D eigenvalue weighted by atomic mass is 79.9. The normalized spacial score (nSPS) is 14.0. The lowest BCUT2D eigenvalue weighted by atomic mass is 9.88. The number of nitrogens with zero attached hydrogens (tertiary/aromatic N) is 4. The highest BCUT2D eigenvalue weighted by molar-refractivity contribution is 9.10. The van der Waals surface area contributed by atoms with Crippen LogP contribution in [-0.4, -0.2) is 22.5 Å². The molecular weight excluding hydrogens is 556 g/mol. The number of nitriles is 1. The molecule has 1 aliphatic rings. The van der Waals surface area contributed by atoms with E-state index in [2.05, 4.69) is 27.1 Å². The van der Waals surface area contributed by atoms with E-state index in [9.17, 15) is 10.1 Å². The Hall–Kier alpha value is -3.96. The lowest BCUT2D eigenvalue weighted by Crippen LogP contribution is -2.25. The molecule has 0 amide bonds. The fourth-order valence-corrected chi connectivity index (χ4v) is 5.29. The maximum Gasteiger partial charge on any atom is 0.282 e. The van der Waals surface area contributed by atoms with Gasteiger partial charge in [-0.15, -0.1) is 0 Å². The number of hydrogen-bond donors (Lipinski definition) is 0. The largest absolute Gasteiger partial charge is 0.490 e. The zero-order valence-electron chi connectivity index (χ0n) is 21.8. The van der Waals surface area contributed by atoms with Gasteiger partial charge in [0.25, 0.3) is 5.56 Å². The van der Waals surface area contributed by atoms with Gasteiger partial charge < -0.3 is 9.47 Å². The summed E-state index contributed by atoms with van der Waals surface area (Å²) in [7, 11) is 0. The summed E-state index contributed by atoms with van der Waals surface area (Å²) in [6.45, 7) is 2.61. The molecule has 0 unspecified atom stereocenters. The van der Waals surface area contributed by atoms with Gasteiger partial charge in [-0.1, -0.05) is 53.4 Å². The predicted octanol–water partition coefficient (Wildman–Crippen LogP) is 6.94. The van der Waals surface area contributed by atoms with E-state index < -0.39 is 0 Å². The zero-order valence-corrected chi connectivity index (χ0v) is 23.4. The van der Waals surface area contributed by atoms with Crippen LogP contribution in [0.4, 0.5) is 0 Å². The highest BCUT2D eigenvalue weighted by Crippen LogP contribution is 2.32. The van der Waals surface area contributed by atoms with E-state index in [0.717, 1.165) is 41.3 Å². The quantitative estimate of drug-likeness (QED) is 0.209. The fourth-order valence-electron chi connectivity index (χ4n) is 4.93. The minimum atomic E-state index is -0.181. The van der Waals surface area contributed by atoms with Crippen molar-refractivity contribution < 1.29 is 9.47 Å². The molecular formula is C31H29BrN4O3. The molecule has 1 aromatic heterocycles. The van der Waals surface area contributed by atoms with E-state index >= 15 is 0 Å². The first kappa shape index (κ1) is 26.6. The Morgan fingerprint density at radius 1 is 1.08 bits per heavy atom. The van der Waals surface area contributed by atoms with Crippen molar-refractivity contribution >= 4 is 33.0 Å². The van der Waals surface area contributed by atoms with Gasteiger partial charge in [0.2, 0.25) is 0 Å². The molecule has 7 nitrogen and oxygen atoms in total. The van der Waals surface area contributed by atoms with Crippen LogP contribution in [0.3, 0.4) is 0 Å². The first-order valence-electron chi connectivity index (χ1n) is 13.2. The van der Waals surface area contributed by atoms with Crippen molar-refractivity contribution in [3.05, 3.63) is 98.0 Å². The van der Waals surface area contributed by atoms with Crippen LogP contribution in [0.2, 0.25) is 0 Å². The van der Waals surface area contributed by atoms with Gasteiger partial charge in [0.1, 0.15) is 12.4 Å². The van der Waals surface area contributed by atoms with E-state index in [-0.39, 0.29) is 18.1 Å². The summed E-state index contributed by atoms with van der Waals surface area (Å²) < 4.78 is 14.2. The van der Waals surface area contributed by atoms with Gasteiger partial charge in [0.05, 0.1) is 35.4 Å². The number of halogens is 1. The molecule has 0 N–H and O–H groups in total. The van der Waals surface area contributed by atoms with Gasteiger partial charge in [-0.05, 0) is 67.8 Å². The van der Waals surface area contributed by atoms with Crippen LogP contribution in [0.15, 0.2) is 75.0 Å². The molecule has 5 rings (SSSR count). The van der Waals surface area contributed by atoms with Crippen LogP contribution in [0.25, 0.3) is 10.9 Å². The molecule has 198 valence electrons. The second kappa shape index (κ2) is 12.3. The minimum absolute atomic E-state index is 0.181. The van der Waals surface area contributed by atoms with E-state index in [1.165, 1.54) is 11.1 Å². The maximum atomic E-state index is 13.6. The number of rotatable bonds is 8. The number of aromatic nitrogens is 2. The summed E-state index contributed by atoms with van der Waals surface area (Å²) in [4.78, 5) is 18.5. The molecule has 3 aromatic carbocycles. The third kappa shape index (κ3) is 6.04. The fraction of sp³-hybridized carbons (Fsp3) is 0.290. The Kier molecular flexibility index (Phi) is 8.38. The van der Waals surface area contributed by atoms with Crippen LogP contribution in [0.1, 0.15) is 67.5 Å². The van der Waals surface area contributed by atoms with E-state index in [1.54, 1.807) is 18.3 Å². The van der Waals surface area contributed by atoms with Crippen molar-refractivity contribution in [3.8, 4) is 17.6 Å². The monoisotopic (exact) mass is 584 g/mol. The SMILES string of the molecule is CCOc1cc(C=Nn2c(C3CCCCC3)nc3ccc(Br)cc3c2=O)ccc1OCc1ccccc1C#N. The topological polar surface area (TPSA) is 89.5 Å². The van der Waals surface area contributed by atoms with E-state index in [1.807, 2.05) is 55.5 Å². The average Bonchev–Trinajstić information content (AvgIpc) is 2.97. The highest BCUT2D eigenvalue weighted by Gasteiger charge is 2.22. The minimum Gasteiger partial charge on any atom is -0.490 e. The Balaban J connectivity index is 1.47. The van der Waals surface area contributed by atoms with Gasteiger partial charge in [-0.25, -0.2) is 4.98 Å². The average molecular weight is 586 g/mol. The summed E-state index contributed by atoms with van der Waals surface area (Å²) >= 11 is 3.47. The molecule has 0 bridgehead atoms. The number of ether oxygens (including phenoxy) is 2. The van der Waals surface area contributed by atoms with Crippen molar-refractivity contribution in [2.24, 2.45) is 5.10 Å². The second-order valence-electron chi connectivity index (χ2n) is 9.52. The van der Waals surface area contributed by atoms with Crippen LogP contribution in [0, 0.1) is 11.3 Å². The Labute approximate surface area is 235 Å². The standard InChI is InChI=1S/C31H29BrN4O3/c1-2-38-29-16-21(12-15-28(29)39-20-24-11-7-6-10-23(24)18-33)19-34-36-30(22-8-4-3-5-9-22)35-27-14-13-25(32)17-26(27)31(36)37/h6-7,10-17,19,22H,2-5,8-9,20H2,1H3. The number of hydrogen-bond acceptors (Lipinski definition) is 6. The maximum absolute atomic E-state index is 13.6. The third-order valence-electron chi connectivity index (χ3n) is 6.91. The van der Waals surface area contributed by atoms with Crippen molar-refractivity contribution in [2.45, 2.75) is 51.6 Å². The number of benzene rings is 3. The smallest absolute Gasteiger partial charge is 0.282 e. The van der Waals surface area contributed by atoms with Crippen molar-refractivity contribution in [2.75, 3.05) is 6.61 Å². The van der Waals surface area contributed by atoms with Crippen LogP contribution < -0.4 is 15.0 Å². The molecule has 8 heteroatoms. The zero-order chi connectivity index (χ0) is 27.2. The lowest BCUT2D eigenvalue weighted by molar-refractivity contribution is 0.269. The van der Waals surface area contributed by atoms with Gasteiger partial charge in [-0.2, -0.15) is 15.0 Å². The molecule has 0 radical (unpaired) electrons. The second-order valence-corrected chi connectivity index (χ2v) is 10.4. The molecule has 0 spiro atoms. The summed E-state index contributed by atoms with van der Waals surface area (Å²) in [6, 6.07) is 20.7. The molecule has 0 atom stereocenters. The summed E-state index contributed by atoms with van der Waals surface area (Å²) in [6.07, 6.45) is 7.12. The van der Waals surface area contributed by atoms with Crippen LogP contribution in [-0.2, 0) is 6.61 Å².